The summed E-state index contributed by atoms with van der Waals surface area (Å²) in [4.78, 5) is 28.8. The zero-order valence-corrected chi connectivity index (χ0v) is 15.2. The fraction of sp³-hybridized carbons (Fsp3) is 0.176. The number of anilines is 1. The maximum atomic E-state index is 12.6. The normalized spacial score (nSPS) is 10.6. The van der Waals surface area contributed by atoms with Gasteiger partial charge in [-0.25, -0.2) is 4.98 Å². The molecule has 0 radical (unpaired) electrons. The molecule has 0 bridgehead atoms. The Morgan fingerprint density at radius 2 is 2.12 bits per heavy atom. The Morgan fingerprint density at radius 1 is 1.32 bits per heavy atom. The second kappa shape index (κ2) is 7.62. The number of amides is 1. The predicted molar refractivity (Wildman–Crippen MR) is 97.3 cm³/mol. The van der Waals surface area contributed by atoms with Gasteiger partial charge in [-0.2, -0.15) is 0 Å². The third-order valence-electron chi connectivity index (χ3n) is 3.26. The van der Waals surface area contributed by atoms with E-state index in [4.69, 9.17) is 4.52 Å². The molecule has 0 unspecified atom stereocenters. The molecule has 0 aliphatic rings. The van der Waals surface area contributed by atoms with E-state index in [1.165, 1.54) is 30.0 Å². The van der Waals surface area contributed by atoms with Crippen molar-refractivity contribution in [3.05, 3.63) is 58.4 Å². The molecule has 2 heterocycles. The van der Waals surface area contributed by atoms with Crippen molar-refractivity contribution in [1.82, 2.24) is 10.1 Å². The highest BCUT2D eigenvalue weighted by Crippen LogP contribution is 2.27. The highest BCUT2D eigenvalue weighted by atomic mass is 32.2. The van der Waals surface area contributed by atoms with Gasteiger partial charge in [0.05, 0.1) is 17.0 Å². The van der Waals surface area contributed by atoms with E-state index in [0.29, 0.717) is 22.1 Å². The molecule has 3 aromatic rings. The lowest BCUT2D eigenvalue weighted by atomic mass is 10.2. The molecule has 1 N–H and O–H groups in total. The summed E-state index contributed by atoms with van der Waals surface area (Å²) in [5.74, 6) is 0.941. The van der Waals surface area contributed by atoms with Gasteiger partial charge < -0.3 is 4.52 Å². The molecule has 0 aliphatic heterocycles. The number of hydrogen-bond acceptors (Lipinski definition) is 7. The van der Waals surface area contributed by atoms with Crippen LogP contribution in [0.4, 0.5) is 5.13 Å². The van der Waals surface area contributed by atoms with Crippen molar-refractivity contribution in [1.29, 1.82) is 0 Å². The number of rotatable bonds is 6. The number of benzene rings is 1. The minimum Gasteiger partial charge on any atom is -0.360 e. The minimum atomic E-state index is -0.263. The molecule has 1 amide bonds. The smallest absolute Gasteiger partial charge is 0.258 e. The van der Waals surface area contributed by atoms with E-state index < -0.39 is 0 Å². The van der Waals surface area contributed by atoms with Crippen LogP contribution in [-0.4, -0.2) is 21.8 Å². The van der Waals surface area contributed by atoms with Gasteiger partial charge in [0.1, 0.15) is 11.5 Å². The van der Waals surface area contributed by atoms with Crippen molar-refractivity contribution in [3.8, 4) is 0 Å². The lowest BCUT2D eigenvalue weighted by Gasteiger charge is -2.07. The van der Waals surface area contributed by atoms with Crippen LogP contribution in [0.5, 0.6) is 0 Å². The van der Waals surface area contributed by atoms with Crippen molar-refractivity contribution >= 4 is 39.9 Å². The topological polar surface area (TPSA) is 85.1 Å². The van der Waals surface area contributed by atoms with Crippen LogP contribution in [0.1, 0.15) is 39.2 Å². The van der Waals surface area contributed by atoms with E-state index in [0.717, 1.165) is 16.3 Å². The molecule has 8 heteroatoms. The van der Waals surface area contributed by atoms with Gasteiger partial charge in [-0.05, 0) is 19.1 Å². The molecule has 0 fully saturated rings. The minimum absolute atomic E-state index is 0.130. The molecule has 25 heavy (non-hydrogen) atoms. The number of nitrogens with zero attached hydrogens (tertiary/aromatic N) is 2. The molecule has 1 aromatic carbocycles. The van der Waals surface area contributed by atoms with E-state index in [9.17, 15) is 9.59 Å². The van der Waals surface area contributed by atoms with Crippen LogP contribution in [0.3, 0.4) is 0 Å². The fourth-order valence-corrected chi connectivity index (χ4v) is 3.74. The molecule has 0 spiro atoms. The Bertz CT molecular complexity index is 917. The SMILES string of the molecule is CC(=O)c1csc(NC(=O)c2ccccc2SCc2cc(C)no2)n1. The molecular formula is C17H15N3O3S2. The van der Waals surface area contributed by atoms with Crippen LogP contribution in [-0.2, 0) is 5.75 Å². The van der Waals surface area contributed by atoms with E-state index in [2.05, 4.69) is 15.5 Å². The second-order valence-corrected chi connectivity index (χ2v) is 7.14. The number of Topliss-reactive ketones (excluding diaryl/α,β-unsaturated/α-hetero) is 1. The summed E-state index contributed by atoms with van der Waals surface area (Å²) < 4.78 is 5.20. The lowest BCUT2D eigenvalue weighted by Crippen LogP contribution is -2.13. The van der Waals surface area contributed by atoms with Crippen molar-refractivity contribution < 1.29 is 14.1 Å². The zero-order valence-electron chi connectivity index (χ0n) is 13.6. The van der Waals surface area contributed by atoms with Gasteiger partial charge in [0.2, 0.25) is 0 Å². The first kappa shape index (κ1) is 17.4. The summed E-state index contributed by atoms with van der Waals surface area (Å²) in [6, 6.07) is 9.19. The van der Waals surface area contributed by atoms with Gasteiger partial charge >= 0.3 is 0 Å². The van der Waals surface area contributed by atoms with Crippen molar-refractivity contribution in [2.24, 2.45) is 0 Å². The zero-order chi connectivity index (χ0) is 17.8. The first-order valence-electron chi connectivity index (χ1n) is 7.45. The lowest BCUT2D eigenvalue weighted by molar-refractivity contribution is 0.100. The van der Waals surface area contributed by atoms with Crippen LogP contribution < -0.4 is 5.32 Å². The van der Waals surface area contributed by atoms with Crippen LogP contribution >= 0.6 is 23.1 Å². The summed E-state index contributed by atoms with van der Waals surface area (Å²) in [6.45, 7) is 3.31. The summed E-state index contributed by atoms with van der Waals surface area (Å²) in [7, 11) is 0. The van der Waals surface area contributed by atoms with E-state index in [1.807, 2.05) is 25.1 Å². The number of ketones is 1. The number of aryl methyl sites for hydroxylation is 1. The third-order valence-corrected chi connectivity index (χ3v) is 5.12. The summed E-state index contributed by atoms with van der Waals surface area (Å²) in [6.07, 6.45) is 0. The molecule has 6 nitrogen and oxygen atoms in total. The highest BCUT2D eigenvalue weighted by Gasteiger charge is 2.15. The molecule has 0 atom stereocenters. The number of hydrogen-bond donors (Lipinski definition) is 1. The fourth-order valence-electron chi connectivity index (χ4n) is 2.07. The molecular weight excluding hydrogens is 358 g/mol. The van der Waals surface area contributed by atoms with Gasteiger partial charge in [0.25, 0.3) is 5.91 Å². The summed E-state index contributed by atoms with van der Waals surface area (Å²) >= 11 is 2.72. The standard InChI is InChI=1S/C17H15N3O3S2/c1-10-7-12(23-20-10)8-24-15-6-4-3-5-13(15)16(22)19-17-18-14(9-25-17)11(2)21/h3-7,9H,8H2,1-2H3,(H,18,19,22). The monoisotopic (exact) mass is 373 g/mol. The Balaban J connectivity index is 1.72. The van der Waals surface area contributed by atoms with Crippen LogP contribution in [0.15, 0.2) is 45.1 Å². The third kappa shape index (κ3) is 4.34. The highest BCUT2D eigenvalue weighted by molar-refractivity contribution is 7.98. The second-order valence-electron chi connectivity index (χ2n) is 5.27. The van der Waals surface area contributed by atoms with Crippen molar-refractivity contribution in [2.45, 2.75) is 24.5 Å². The Kier molecular flexibility index (Phi) is 5.30. The number of aromatic nitrogens is 2. The molecule has 0 saturated heterocycles. The molecule has 0 saturated carbocycles. The van der Waals surface area contributed by atoms with Crippen molar-refractivity contribution in [3.63, 3.8) is 0 Å². The Labute approximate surface area is 152 Å². The Hall–Kier alpha value is -2.45. The van der Waals surface area contributed by atoms with Crippen LogP contribution in [0, 0.1) is 6.92 Å². The molecule has 128 valence electrons. The molecule has 2 aromatic heterocycles. The molecule has 3 rings (SSSR count). The van der Waals surface area contributed by atoms with E-state index in [-0.39, 0.29) is 11.7 Å². The van der Waals surface area contributed by atoms with Gasteiger partial charge in [-0.15, -0.1) is 23.1 Å². The van der Waals surface area contributed by atoms with Gasteiger partial charge in [0.15, 0.2) is 10.9 Å². The predicted octanol–water partition coefficient (Wildman–Crippen LogP) is 4.19. The van der Waals surface area contributed by atoms with Gasteiger partial charge in [-0.1, -0.05) is 17.3 Å². The largest absolute Gasteiger partial charge is 0.360 e. The van der Waals surface area contributed by atoms with Gasteiger partial charge in [0, 0.05) is 23.3 Å². The van der Waals surface area contributed by atoms with E-state index >= 15 is 0 Å². The maximum Gasteiger partial charge on any atom is 0.258 e. The molecule has 0 aliphatic carbocycles. The number of nitrogens with one attached hydrogen (secondary N) is 1. The maximum absolute atomic E-state index is 12.6. The average Bonchev–Trinajstić information content (AvgIpc) is 3.22. The number of thiazole rings is 1. The van der Waals surface area contributed by atoms with Gasteiger partial charge in [-0.3, -0.25) is 14.9 Å². The quantitative estimate of drug-likeness (QED) is 0.515. The summed E-state index contributed by atoms with van der Waals surface area (Å²) in [5, 5.41) is 8.63. The van der Waals surface area contributed by atoms with E-state index in [1.54, 1.807) is 17.5 Å². The number of carbonyl (C=O) groups is 2. The van der Waals surface area contributed by atoms with Crippen LogP contribution in [0.2, 0.25) is 0 Å². The number of thioether (sulfide) groups is 1. The van der Waals surface area contributed by atoms with Crippen molar-refractivity contribution in [2.75, 3.05) is 5.32 Å². The van der Waals surface area contributed by atoms with Crippen LogP contribution in [0.25, 0.3) is 0 Å². The first-order chi connectivity index (χ1) is 12.0. The summed E-state index contributed by atoms with van der Waals surface area (Å²) in [5.41, 5.74) is 1.72. The average molecular weight is 373 g/mol. The number of carbonyl (C=O) groups excluding carboxylic acids is 2. The first-order valence-corrected chi connectivity index (χ1v) is 9.31. The Morgan fingerprint density at radius 3 is 2.80 bits per heavy atom.